The molecule has 0 saturated heterocycles. The number of amides is 1. The van der Waals surface area contributed by atoms with Gasteiger partial charge in [-0.2, -0.15) is 0 Å². The third-order valence-electron chi connectivity index (χ3n) is 3.96. The van der Waals surface area contributed by atoms with Crippen molar-refractivity contribution >= 4 is 21.6 Å². The predicted octanol–water partition coefficient (Wildman–Crippen LogP) is 3.06. The van der Waals surface area contributed by atoms with E-state index < -0.39 is 10.0 Å². The lowest BCUT2D eigenvalue weighted by Gasteiger charge is -2.20. The topological polar surface area (TPSA) is 75.7 Å². The number of rotatable bonds is 9. The smallest absolute Gasteiger partial charge is 0.251 e. The largest absolute Gasteiger partial charge is 0.492 e. The molecule has 28 heavy (non-hydrogen) atoms. The van der Waals surface area contributed by atoms with Crippen LogP contribution in [0.5, 0.6) is 5.75 Å². The summed E-state index contributed by atoms with van der Waals surface area (Å²) >= 11 is 0. The van der Waals surface area contributed by atoms with E-state index in [4.69, 9.17) is 4.74 Å². The second-order valence-electron chi connectivity index (χ2n) is 6.56. The molecule has 6 nitrogen and oxygen atoms in total. The Morgan fingerprint density at radius 1 is 1.14 bits per heavy atom. The maximum Gasteiger partial charge on any atom is 0.251 e. The average Bonchev–Trinajstić information content (AvgIpc) is 2.61. The van der Waals surface area contributed by atoms with Gasteiger partial charge in [-0.15, -0.1) is 6.58 Å². The second kappa shape index (κ2) is 9.41. The van der Waals surface area contributed by atoms with Gasteiger partial charge in [0.25, 0.3) is 5.91 Å². The van der Waals surface area contributed by atoms with Crippen molar-refractivity contribution in [3.05, 3.63) is 71.8 Å². The predicted molar refractivity (Wildman–Crippen MR) is 113 cm³/mol. The van der Waals surface area contributed by atoms with Crippen molar-refractivity contribution in [2.45, 2.75) is 13.8 Å². The molecule has 2 aromatic carbocycles. The normalized spacial score (nSPS) is 11.0. The Bertz CT molecular complexity index is 917. The maximum atomic E-state index is 12.3. The van der Waals surface area contributed by atoms with Crippen LogP contribution >= 0.6 is 0 Å². The monoisotopic (exact) mass is 402 g/mol. The van der Waals surface area contributed by atoms with Crippen molar-refractivity contribution in [1.29, 1.82) is 0 Å². The van der Waals surface area contributed by atoms with Crippen LogP contribution in [0.1, 0.15) is 21.5 Å². The molecule has 0 heterocycles. The summed E-state index contributed by atoms with van der Waals surface area (Å²) in [4.78, 5) is 12.3. The molecule has 0 aliphatic heterocycles. The zero-order valence-corrected chi connectivity index (χ0v) is 17.3. The van der Waals surface area contributed by atoms with Gasteiger partial charge in [-0.3, -0.25) is 9.10 Å². The molecule has 0 spiro atoms. The Hall–Kier alpha value is -2.80. The molecular weight excluding hydrogens is 376 g/mol. The first-order valence-corrected chi connectivity index (χ1v) is 10.7. The molecule has 0 unspecified atom stereocenters. The fourth-order valence-corrected chi connectivity index (χ4v) is 3.66. The third-order valence-corrected chi connectivity index (χ3v) is 5.12. The van der Waals surface area contributed by atoms with Gasteiger partial charge in [0.15, 0.2) is 0 Å². The van der Waals surface area contributed by atoms with Gasteiger partial charge in [0, 0.05) is 5.56 Å². The molecule has 0 aromatic heterocycles. The van der Waals surface area contributed by atoms with Crippen LogP contribution in [0.15, 0.2) is 55.1 Å². The minimum absolute atomic E-state index is 0.167. The molecule has 0 bridgehead atoms. The average molecular weight is 403 g/mol. The van der Waals surface area contributed by atoms with E-state index in [0.29, 0.717) is 24.4 Å². The summed E-state index contributed by atoms with van der Waals surface area (Å²) in [5.41, 5.74) is 3.18. The van der Waals surface area contributed by atoms with E-state index in [-0.39, 0.29) is 12.5 Å². The van der Waals surface area contributed by atoms with Crippen molar-refractivity contribution in [3.8, 4) is 5.75 Å². The number of sulfonamides is 1. The maximum absolute atomic E-state index is 12.3. The highest BCUT2D eigenvalue weighted by atomic mass is 32.2. The standard InChI is InChI=1S/C21H26N2O4S/c1-5-11-23(28(4,25)26)19-8-6-18(7-9-19)21(24)22-10-12-27-20-14-16(2)13-17(3)15-20/h5-9,13-15H,1,10-12H2,2-4H3,(H,22,24). The number of benzene rings is 2. The highest BCUT2D eigenvalue weighted by Crippen LogP contribution is 2.18. The van der Waals surface area contributed by atoms with Crippen LogP contribution in [0.2, 0.25) is 0 Å². The fraction of sp³-hybridized carbons (Fsp3) is 0.286. The number of hydrogen-bond donors (Lipinski definition) is 1. The molecule has 0 atom stereocenters. The Morgan fingerprint density at radius 3 is 2.29 bits per heavy atom. The molecule has 1 amide bonds. The summed E-state index contributed by atoms with van der Waals surface area (Å²) in [6, 6.07) is 12.4. The second-order valence-corrected chi connectivity index (χ2v) is 8.46. The minimum Gasteiger partial charge on any atom is -0.492 e. The van der Waals surface area contributed by atoms with Crippen molar-refractivity contribution < 1.29 is 17.9 Å². The van der Waals surface area contributed by atoms with E-state index in [1.54, 1.807) is 24.3 Å². The van der Waals surface area contributed by atoms with Crippen LogP contribution in [-0.2, 0) is 10.0 Å². The van der Waals surface area contributed by atoms with E-state index in [2.05, 4.69) is 18.0 Å². The van der Waals surface area contributed by atoms with Gasteiger partial charge in [-0.25, -0.2) is 8.42 Å². The van der Waals surface area contributed by atoms with Gasteiger partial charge in [-0.1, -0.05) is 12.1 Å². The molecule has 2 rings (SSSR count). The molecule has 0 fully saturated rings. The number of aryl methyl sites for hydroxylation is 2. The molecule has 150 valence electrons. The Labute approximate surface area is 166 Å². The summed E-state index contributed by atoms with van der Waals surface area (Å²) in [7, 11) is -3.42. The highest BCUT2D eigenvalue weighted by Gasteiger charge is 2.16. The quantitative estimate of drug-likeness (QED) is 0.517. The Kier molecular flexibility index (Phi) is 7.23. The van der Waals surface area contributed by atoms with Crippen molar-refractivity contribution in [1.82, 2.24) is 5.32 Å². The van der Waals surface area contributed by atoms with Crippen LogP contribution in [0.3, 0.4) is 0 Å². The number of carbonyl (C=O) groups excluding carboxylic acids is 1. The summed E-state index contributed by atoms with van der Waals surface area (Å²) in [5, 5.41) is 2.79. The molecule has 0 aliphatic rings. The third kappa shape index (κ3) is 6.13. The summed E-state index contributed by atoms with van der Waals surface area (Å²) in [5.74, 6) is 0.532. The zero-order chi connectivity index (χ0) is 20.7. The molecular formula is C21H26N2O4S. The Balaban J connectivity index is 1.91. The van der Waals surface area contributed by atoms with Gasteiger partial charge in [0.1, 0.15) is 12.4 Å². The van der Waals surface area contributed by atoms with Gasteiger partial charge >= 0.3 is 0 Å². The molecule has 2 aromatic rings. The molecule has 1 N–H and O–H groups in total. The Morgan fingerprint density at radius 2 is 1.75 bits per heavy atom. The van der Waals surface area contributed by atoms with E-state index >= 15 is 0 Å². The molecule has 7 heteroatoms. The van der Waals surface area contributed by atoms with Crippen LogP contribution in [0, 0.1) is 13.8 Å². The van der Waals surface area contributed by atoms with Crippen molar-refractivity contribution in [2.75, 3.05) is 30.3 Å². The number of ether oxygens (including phenoxy) is 1. The SMILES string of the molecule is C=CCN(c1ccc(C(=O)NCCOc2cc(C)cc(C)c2)cc1)S(C)(=O)=O. The van der Waals surface area contributed by atoms with Crippen LogP contribution in [0.4, 0.5) is 5.69 Å². The number of nitrogens with one attached hydrogen (secondary N) is 1. The lowest BCUT2D eigenvalue weighted by Crippen LogP contribution is -2.30. The minimum atomic E-state index is -3.42. The highest BCUT2D eigenvalue weighted by molar-refractivity contribution is 7.92. The van der Waals surface area contributed by atoms with Gasteiger partial charge in [0.2, 0.25) is 10.0 Å². The van der Waals surface area contributed by atoms with Gasteiger partial charge in [-0.05, 0) is 61.4 Å². The zero-order valence-electron chi connectivity index (χ0n) is 16.4. The van der Waals surface area contributed by atoms with E-state index in [0.717, 1.165) is 23.1 Å². The first kappa shape index (κ1) is 21.5. The van der Waals surface area contributed by atoms with Crippen LogP contribution in [0.25, 0.3) is 0 Å². The first-order valence-electron chi connectivity index (χ1n) is 8.88. The number of hydrogen-bond acceptors (Lipinski definition) is 4. The fourth-order valence-electron chi connectivity index (χ4n) is 2.78. The number of nitrogens with zero attached hydrogens (tertiary/aromatic N) is 1. The van der Waals surface area contributed by atoms with E-state index in [1.807, 2.05) is 26.0 Å². The summed E-state index contributed by atoms with van der Waals surface area (Å²) in [6.07, 6.45) is 2.64. The molecule has 0 saturated carbocycles. The number of anilines is 1. The summed E-state index contributed by atoms with van der Waals surface area (Å²) < 4.78 is 30.6. The van der Waals surface area contributed by atoms with Gasteiger partial charge < -0.3 is 10.1 Å². The lowest BCUT2D eigenvalue weighted by molar-refractivity contribution is 0.0947. The first-order chi connectivity index (χ1) is 13.2. The lowest BCUT2D eigenvalue weighted by atomic mass is 10.1. The van der Waals surface area contributed by atoms with Gasteiger partial charge in [0.05, 0.1) is 25.0 Å². The van der Waals surface area contributed by atoms with Crippen LogP contribution < -0.4 is 14.4 Å². The molecule has 0 aliphatic carbocycles. The summed E-state index contributed by atoms with van der Waals surface area (Å²) in [6.45, 7) is 8.47. The molecule has 0 radical (unpaired) electrons. The van der Waals surface area contributed by atoms with Crippen LogP contribution in [-0.4, -0.2) is 40.3 Å². The van der Waals surface area contributed by atoms with E-state index in [9.17, 15) is 13.2 Å². The van der Waals surface area contributed by atoms with Crippen molar-refractivity contribution in [3.63, 3.8) is 0 Å². The van der Waals surface area contributed by atoms with Crippen molar-refractivity contribution in [2.24, 2.45) is 0 Å². The van der Waals surface area contributed by atoms with E-state index in [1.165, 1.54) is 10.4 Å². The number of carbonyl (C=O) groups is 1.